The fourth-order valence-corrected chi connectivity index (χ4v) is 2.18. The molecule has 96 valence electrons. The number of hydrogen-bond donors (Lipinski definition) is 2. The lowest BCUT2D eigenvalue weighted by molar-refractivity contribution is 0.304. The monoisotopic (exact) mass is 287 g/mol. The van der Waals surface area contributed by atoms with Crippen LogP contribution in [0.2, 0.25) is 0 Å². The van der Waals surface area contributed by atoms with Crippen molar-refractivity contribution in [1.29, 1.82) is 0 Å². The predicted octanol–water partition coefficient (Wildman–Crippen LogP) is 0.946. The van der Waals surface area contributed by atoms with E-state index in [1.165, 1.54) is 35.6 Å². The SMILES string of the molecule is Nc1nnc(COc2ccc(S(=O)(=O)O)cc2)s1. The Morgan fingerprint density at radius 3 is 2.44 bits per heavy atom. The van der Waals surface area contributed by atoms with E-state index in [2.05, 4.69) is 10.2 Å². The summed E-state index contributed by atoms with van der Waals surface area (Å²) in [7, 11) is -4.18. The van der Waals surface area contributed by atoms with Crippen molar-refractivity contribution in [2.24, 2.45) is 0 Å². The molecule has 1 aromatic heterocycles. The van der Waals surface area contributed by atoms with Gasteiger partial charge < -0.3 is 10.5 Å². The number of rotatable bonds is 4. The third-order valence-electron chi connectivity index (χ3n) is 1.97. The van der Waals surface area contributed by atoms with Gasteiger partial charge >= 0.3 is 0 Å². The molecule has 0 bridgehead atoms. The molecule has 0 saturated carbocycles. The normalized spacial score (nSPS) is 11.4. The molecule has 0 aliphatic heterocycles. The maximum atomic E-state index is 10.8. The highest BCUT2D eigenvalue weighted by Crippen LogP contribution is 2.18. The van der Waals surface area contributed by atoms with Gasteiger partial charge in [-0.1, -0.05) is 11.3 Å². The van der Waals surface area contributed by atoms with Crippen LogP contribution in [-0.2, 0) is 16.7 Å². The summed E-state index contributed by atoms with van der Waals surface area (Å²) in [6, 6.07) is 5.37. The molecule has 9 heteroatoms. The molecular weight excluding hydrogens is 278 g/mol. The minimum absolute atomic E-state index is 0.185. The van der Waals surface area contributed by atoms with Crippen molar-refractivity contribution in [3.05, 3.63) is 29.3 Å². The molecular formula is C9H9N3O4S2. The van der Waals surface area contributed by atoms with Gasteiger partial charge in [-0.05, 0) is 24.3 Å². The van der Waals surface area contributed by atoms with Crippen molar-refractivity contribution < 1.29 is 17.7 Å². The fraction of sp³-hybridized carbons (Fsp3) is 0.111. The van der Waals surface area contributed by atoms with Gasteiger partial charge in [0.15, 0.2) is 5.01 Å². The van der Waals surface area contributed by atoms with Crippen LogP contribution >= 0.6 is 11.3 Å². The zero-order chi connectivity index (χ0) is 13.2. The van der Waals surface area contributed by atoms with Crippen LogP contribution in [0.1, 0.15) is 5.01 Å². The topological polar surface area (TPSA) is 115 Å². The largest absolute Gasteiger partial charge is 0.486 e. The molecule has 0 aliphatic carbocycles. The standard InChI is InChI=1S/C9H9N3O4S2/c10-9-12-11-8(17-9)5-16-6-1-3-7(4-2-6)18(13,14)15/h1-4H,5H2,(H2,10,12)(H,13,14,15). The minimum Gasteiger partial charge on any atom is -0.486 e. The van der Waals surface area contributed by atoms with Gasteiger partial charge in [0, 0.05) is 0 Å². The number of nitrogens with two attached hydrogens (primary N) is 1. The number of anilines is 1. The van der Waals surface area contributed by atoms with Gasteiger partial charge in [-0.15, -0.1) is 10.2 Å². The van der Waals surface area contributed by atoms with Crippen LogP contribution in [0.25, 0.3) is 0 Å². The number of benzene rings is 1. The van der Waals surface area contributed by atoms with Gasteiger partial charge in [0.1, 0.15) is 12.4 Å². The Morgan fingerprint density at radius 2 is 1.94 bits per heavy atom. The van der Waals surface area contributed by atoms with Crippen LogP contribution in [0.3, 0.4) is 0 Å². The van der Waals surface area contributed by atoms with E-state index in [-0.39, 0.29) is 11.5 Å². The first-order chi connectivity index (χ1) is 8.45. The summed E-state index contributed by atoms with van der Waals surface area (Å²) >= 11 is 1.21. The van der Waals surface area contributed by atoms with Crippen molar-refractivity contribution in [2.75, 3.05) is 5.73 Å². The molecule has 0 spiro atoms. The highest BCUT2D eigenvalue weighted by atomic mass is 32.2. The van der Waals surface area contributed by atoms with E-state index in [0.29, 0.717) is 15.9 Å². The number of ether oxygens (including phenoxy) is 1. The summed E-state index contributed by atoms with van der Waals surface area (Å²) in [5.74, 6) is 0.455. The molecule has 0 aliphatic rings. The first kappa shape index (κ1) is 12.7. The van der Waals surface area contributed by atoms with Gasteiger partial charge in [-0.25, -0.2) is 0 Å². The van der Waals surface area contributed by atoms with Crippen molar-refractivity contribution in [3.8, 4) is 5.75 Å². The Morgan fingerprint density at radius 1 is 1.28 bits per heavy atom. The Hall–Kier alpha value is -1.71. The Labute approximate surface area is 107 Å². The molecule has 0 radical (unpaired) electrons. The molecule has 0 saturated heterocycles. The second kappa shape index (κ2) is 4.88. The molecule has 3 N–H and O–H groups in total. The number of nitrogen functional groups attached to an aromatic ring is 1. The van der Waals surface area contributed by atoms with E-state index >= 15 is 0 Å². The Balaban J connectivity index is 2.03. The van der Waals surface area contributed by atoms with Crippen molar-refractivity contribution in [1.82, 2.24) is 10.2 Å². The van der Waals surface area contributed by atoms with Crippen molar-refractivity contribution in [3.63, 3.8) is 0 Å². The molecule has 18 heavy (non-hydrogen) atoms. The maximum absolute atomic E-state index is 10.8. The smallest absolute Gasteiger partial charge is 0.294 e. The quantitative estimate of drug-likeness (QED) is 0.804. The lowest BCUT2D eigenvalue weighted by Crippen LogP contribution is -1.98. The number of hydrogen-bond acceptors (Lipinski definition) is 7. The van der Waals surface area contributed by atoms with Gasteiger partial charge in [-0.2, -0.15) is 8.42 Å². The minimum atomic E-state index is -4.18. The first-order valence-corrected chi connectivity index (χ1v) is 6.99. The summed E-state index contributed by atoms with van der Waals surface area (Å²) in [6.45, 7) is 0.195. The van der Waals surface area contributed by atoms with Gasteiger partial charge in [0.05, 0.1) is 4.90 Å². The first-order valence-electron chi connectivity index (χ1n) is 4.73. The highest BCUT2D eigenvalue weighted by molar-refractivity contribution is 7.85. The summed E-state index contributed by atoms with van der Waals surface area (Å²) in [6.07, 6.45) is 0. The van der Waals surface area contributed by atoms with Crippen molar-refractivity contribution in [2.45, 2.75) is 11.5 Å². The number of aromatic nitrogens is 2. The van der Waals surface area contributed by atoms with E-state index in [0.717, 1.165) is 0 Å². The molecule has 0 unspecified atom stereocenters. The van der Waals surface area contributed by atoms with Crippen LogP contribution < -0.4 is 10.5 Å². The van der Waals surface area contributed by atoms with E-state index in [9.17, 15) is 8.42 Å². The summed E-state index contributed by atoms with van der Waals surface area (Å²) in [4.78, 5) is -0.185. The van der Waals surface area contributed by atoms with Crippen molar-refractivity contribution >= 4 is 26.6 Å². The van der Waals surface area contributed by atoms with E-state index < -0.39 is 10.1 Å². The lowest BCUT2D eigenvalue weighted by atomic mass is 10.3. The van der Waals surface area contributed by atoms with Gasteiger partial charge in [-0.3, -0.25) is 4.55 Å². The molecule has 2 rings (SSSR count). The lowest BCUT2D eigenvalue weighted by Gasteiger charge is -2.03. The van der Waals surface area contributed by atoms with Crippen LogP contribution in [0.5, 0.6) is 5.75 Å². The van der Waals surface area contributed by atoms with Gasteiger partial charge in [0.25, 0.3) is 10.1 Å². The molecule has 0 atom stereocenters. The second-order valence-electron chi connectivity index (χ2n) is 3.27. The zero-order valence-corrected chi connectivity index (χ0v) is 10.6. The van der Waals surface area contributed by atoms with Crippen LogP contribution in [0.15, 0.2) is 29.2 Å². The highest BCUT2D eigenvalue weighted by Gasteiger charge is 2.09. The third kappa shape index (κ3) is 3.15. The van der Waals surface area contributed by atoms with Crippen LogP contribution in [0, 0.1) is 0 Å². The van der Waals surface area contributed by atoms with E-state index in [4.69, 9.17) is 15.0 Å². The molecule has 2 aromatic rings. The molecule has 1 heterocycles. The summed E-state index contributed by atoms with van der Waals surface area (Å²) in [5, 5.41) is 8.37. The van der Waals surface area contributed by atoms with E-state index in [1.807, 2.05) is 0 Å². The molecule has 1 aromatic carbocycles. The van der Waals surface area contributed by atoms with Crippen LogP contribution in [-0.4, -0.2) is 23.2 Å². The second-order valence-corrected chi connectivity index (χ2v) is 5.78. The van der Waals surface area contributed by atoms with Gasteiger partial charge in [0.2, 0.25) is 5.13 Å². The molecule has 7 nitrogen and oxygen atoms in total. The summed E-state index contributed by atoms with van der Waals surface area (Å²) in [5.41, 5.74) is 5.41. The fourth-order valence-electron chi connectivity index (χ4n) is 1.18. The average Bonchev–Trinajstić information content (AvgIpc) is 2.72. The average molecular weight is 287 g/mol. The zero-order valence-electron chi connectivity index (χ0n) is 8.98. The number of nitrogens with zero attached hydrogens (tertiary/aromatic N) is 2. The molecule has 0 fully saturated rings. The summed E-state index contributed by atoms with van der Waals surface area (Å²) < 4.78 is 35.8. The third-order valence-corrected chi connectivity index (χ3v) is 3.56. The Kier molecular flexibility index (Phi) is 3.45. The Bertz CT molecular complexity index is 636. The van der Waals surface area contributed by atoms with E-state index in [1.54, 1.807) is 0 Å². The predicted molar refractivity (Wildman–Crippen MR) is 64.9 cm³/mol. The van der Waals surface area contributed by atoms with Crippen LogP contribution in [0.4, 0.5) is 5.13 Å². The maximum Gasteiger partial charge on any atom is 0.294 e. The molecule has 0 amide bonds.